The summed E-state index contributed by atoms with van der Waals surface area (Å²) in [7, 11) is -1.42. The monoisotopic (exact) mass is 166 g/mol. The largest absolute Gasteiger partial charge is 0.396 e. The molecule has 4 nitrogen and oxygen atoms in total. The van der Waals surface area contributed by atoms with Crippen molar-refractivity contribution in [3.05, 3.63) is 0 Å². The van der Waals surface area contributed by atoms with Crippen LogP contribution < -0.4 is 0 Å². The van der Waals surface area contributed by atoms with E-state index < -0.39 is 7.60 Å². The van der Waals surface area contributed by atoms with Crippen molar-refractivity contribution in [2.75, 3.05) is 26.5 Å². The summed E-state index contributed by atoms with van der Waals surface area (Å²) < 4.78 is 20.7. The van der Waals surface area contributed by atoms with Gasteiger partial charge in [0.1, 0.15) is 0 Å². The van der Waals surface area contributed by atoms with Gasteiger partial charge in [-0.1, -0.05) is 0 Å². The predicted octanol–water partition coefficient (Wildman–Crippen LogP) is 0.465. The van der Waals surface area contributed by atoms with Crippen molar-refractivity contribution in [2.45, 2.75) is 0 Å². The molecular formula is C5H11O4P. The Labute approximate surface area is 59.7 Å². The standard InChI is InChI=1S/C5H11O4P/c1-8-10(7)4-5(2-6)3-9-10/h5-6H,2-4H2,1H3/t5-,10?/m1/s1. The van der Waals surface area contributed by atoms with Crippen LogP contribution in [-0.4, -0.2) is 31.6 Å². The number of hydrogen-bond donors (Lipinski definition) is 1. The minimum atomic E-state index is -2.78. The van der Waals surface area contributed by atoms with Gasteiger partial charge in [0.2, 0.25) is 0 Å². The van der Waals surface area contributed by atoms with E-state index in [4.69, 9.17) is 9.63 Å². The van der Waals surface area contributed by atoms with Crippen molar-refractivity contribution in [1.82, 2.24) is 0 Å². The fraction of sp³-hybridized carbons (Fsp3) is 1.00. The van der Waals surface area contributed by atoms with E-state index in [0.29, 0.717) is 12.8 Å². The molecule has 0 aromatic heterocycles. The minimum Gasteiger partial charge on any atom is -0.396 e. The molecule has 0 aromatic carbocycles. The Morgan fingerprint density at radius 1 is 1.90 bits per heavy atom. The lowest BCUT2D eigenvalue weighted by atomic mass is 10.2. The fourth-order valence-corrected chi connectivity index (χ4v) is 2.53. The van der Waals surface area contributed by atoms with Crippen LogP contribution in [0.25, 0.3) is 0 Å². The van der Waals surface area contributed by atoms with E-state index >= 15 is 0 Å². The third-order valence-corrected chi connectivity index (χ3v) is 3.59. The first-order chi connectivity index (χ1) is 4.70. The van der Waals surface area contributed by atoms with E-state index in [1.807, 2.05) is 0 Å². The first-order valence-corrected chi connectivity index (χ1v) is 4.83. The first kappa shape index (κ1) is 8.21. The molecule has 0 bridgehead atoms. The highest BCUT2D eigenvalue weighted by Crippen LogP contribution is 2.53. The molecule has 1 fully saturated rings. The molecule has 1 aliphatic heterocycles. The Bertz CT molecular complexity index is 158. The second-order valence-corrected chi connectivity index (χ2v) is 4.53. The smallest absolute Gasteiger partial charge is 0.330 e. The molecule has 0 amide bonds. The lowest BCUT2D eigenvalue weighted by Crippen LogP contribution is -2.07. The highest BCUT2D eigenvalue weighted by atomic mass is 31.2. The van der Waals surface area contributed by atoms with Gasteiger partial charge in [-0.25, -0.2) is 0 Å². The second kappa shape index (κ2) is 3.01. The molecule has 1 saturated heterocycles. The van der Waals surface area contributed by atoms with Crippen LogP contribution in [0.15, 0.2) is 0 Å². The molecule has 10 heavy (non-hydrogen) atoms. The summed E-state index contributed by atoms with van der Waals surface area (Å²) in [4.78, 5) is 0. The van der Waals surface area contributed by atoms with Crippen molar-refractivity contribution in [3.8, 4) is 0 Å². The average Bonchev–Trinajstić information content (AvgIpc) is 2.33. The summed E-state index contributed by atoms with van der Waals surface area (Å²) in [6.07, 6.45) is 0.347. The third-order valence-electron chi connectivity index (χ3n) is 1.53. The molecule has 5 heteroatoms. The molecule has 0 radical (unpaired) electrons. The van der Waals surface area contributed by atoms with E-state index in [1.165, 1.54) is 7.11 Å². The Morgan fingerprint density at radius 3 is 2.90 bits per heavy atom. The van der Waals surface area contributed by atoms with Crippen molar-refractivity contribution >= 4 is 7.60 Å². The molecule has 0 aliphatic carbocycles. The van der Waals surface area contributed by atoms with Gasteiger partial charge in [-0.05, 0) is 0 Å². The summed E-state index contributed by atoms with van der Waals surface area (Å²) in [5.74, 6) is -0.00853. The fourth-order valence-electron chi connectivity index (χ4n) is 0.878. The van der Waals surface area contributed by atoms with Gasteiger partial charge in [0.25, 0.3) is 0 Å². The zero-order valence-corrected chi connectivity index (χ0v) is 6.71. The molecule has 1 N–H and O–H groups in total. The summed E-state index contributed by atoms with van der Waals surface area (Å²) >= 11 is 0. The molecule has 0 saturated carbocycles. The minimum absolute atomic E-state index is 0.00853. The number of hydrogen-bond acceptors (Lipinski definition) is 4. The molecule has 1 heterocycles. The van der Waals surface area contributed by atoms with Crippen molar-refractivity contribution in [2.24, 2.45) is 5.92 Å². The SMILES string of the molecule is COP1(=O)C[C@H](CO)CO1. The Hall–Kier alpha value is 0.110. The van der Waals surface area contributed by atoms with Gasteiger partial charge in [-0.2, -0.15) is 0 Å². The van der Waals surface area contributed by atoms with Crippen LogP contribution in [0.4, 0.5) is 0 Å². The number of aliphatic hydroxyl groups is 1. The van der Waals surface area contributed by atoms with Gasteiger partial charge in [0.15, 0.2) is 0 Å². The molecule has 0 aromatic rings. The van der Waals surface area contributed by atoms with Crippen molar-refractivity contribution in [1.29, 1.82) is 0 Å². The van der Waals surface area contributed by atoms with E-state index in [9.17, 15) is 4.57 Å². The van der Waals surface area contributed by atoms with Gasteiger partial charge in [0, 0.05) is 19.6 Å². The van der Waals surface area contributed by atoms with Gasteiger partial charge in [-0.15, -0.1) is 0 Å². The average molecular weight is 166 g/mol. The predicted molar refractivity (Wildman–Crippen MR) is 36.0 cm³/mol. The number of aliphatic hydroxyl groups excluding tert-OH is 1. The lowest BCUT2D eigenvalue weighted by Gasteiger charge is -2.05. The first-order valence-electron chi connectivity index (χ1n) is 3.10. The van der Waals surface area contributed by atoms with E-state index in [0.717, 1.165) is 0 Å². The Kier molecular flexibility index (Phi) is 2.47. The normalized spacial score (nSPS) is 40.4. The van der Waals surface area contributed by atoms with Gasteiger partial charge in [0.05, 0.1) is 12.8 Å². The molecule has 0 spiro atoms. The molecule has 1 rings (SSSR count). The zero-order valence-electron chi connectivity index (χ0n) is 5.82. The maximum Gasteiger partial charge on any atom is 0.330 e. The maximum absolute atomic E-state index is 11.2. The summed E-state index contributed by atoms with van der Waals surface area (Å²) in [6, 6.07) is 0. The van der Waals surface area contributed by atoms with Crippen LogP contribution in [0.1, 0.15) is 0 Å². The Balaban J connectivity index is 2.49. The van der Waals surface area contributed by atoms with Gasteiger partial charge in [-0.3, -0.25) is 4.57 Å². The second-order valence-electron chi connectivity index (χ2n) is 2.32. The van der Waals surface area contributed by atoms with Crippen LogP contribution in [0.2, 0.25) is 0 Å². The van der Waals surface area contributed by atoms with Gasteiger partial charge >= 0.3 is 7.60 Å². The molecule has 1 aliphatic rings. The summed E-state index contributed by atoms with van der Waals surface area (Å²) in [6.45, 7) is 0.370. The van der Waals surface area contributed by atoms with Crippen molar-refractivity contribution in [3.63, 3.8) is 0 Å². The zero-order chi connectivity index (χ0) is 7.61. The van der Waals surface area contributed by atoms with Crippen LogP contribution >= 0.6 is 7.60 Å². The van der Waals surface area contributed by atoms with E-state index in [1.54, 1.807) is 0 Å². The molecule has 60 valence electrons. The third kappa shape index (κ3) is 1.58. The summed E-state index contributed by atoms with van der Waals surface area (Å²) in [5.41, 5.74) is 0. The maximum atomic E-state index is 11.2. The highest BCUT2D eigenvalue weighted by molar-refractivity contribution is 7.54. The Morgan fingerprint density at radius 2 is 2.60 bits per heavy atom. The van der Waals surface area contributed by atoms with Crippen LogP contribution in [0, 0.1) is 5.92 Å². The van der Waals surface area contributed by atoms with Crippen LogP contribution in [-0.2, 0) is 13.6 Å². The van der Waals surface area contributed by atoms with Crippen molar-refractivity contribution < 1.29 is 18.7 Å². The molecular weight excluding hydrogens is 155 g/mol. The van der Waals surface area contributed by atoms with Crippen LogP contribution in [0.3, 0.4) is 0 Å². The van der Waals surface area contributed by atoms with E-state index in [2.05, 4.69) is 4.52 Å². The highest BCUT2D eigenvalue weighted by Gasteiger charge is 2.35. The quantitative estimate of drug-likeness (QED) is 0.605. The number of rotatable bonds is 2. The lowest BCUT2D eigenvalue weighted by molar-refractivity contribution is 0.196. The molecule has 1 unspecified atom stereocenters. The van der Waals surface area contributed by atoms with E-state index in [-0.39, 0.29) is 12.5 Å². The topological polar surface area (TPSA) is 55.8 Å². The van der Waals surface area contributed by atoms with Gasteiger partial charge < -0.3 is 14.2 Å². The summed E-state index contributed by atoms with van der Waals surface area (Å²) in [5, 5.41) is 8.64. The molecule has 2 atom stereocenters. The van der Waals surface area contributed by atoms with Crippen LogP contribution in [0.5, 0.6) is 0 Å².